The molecule has 9 nitrogen and oxygen atoms in total. The molecular weight excluding hydrogens is 545 g/mol. The molecule has 1 saturated heterocycles. The lowest BCUT2D eigenvalue weighted by Gasteiger charge is -2.22. The summed E-state index contributed by atoms with van der Waals surface area (Å²) in [6, 6.07) is 19.0. The third-order valence-corrected chi connectivity index (χ3v) is 7.51. The molecule has 0 amide bonds. The molecular formula is C30H34BNO8S. The van der Waals surface area contributed by atoms with Gasteiger partial charge in [-0.15, -0.1) is 0 Å². The maximum Gasteiger partial charge on any atom is 0.636 e. The lowest BCUT2D eigenvalue weighted by atomic mass is 9.78. The van der Waals surface area contributed by atoms with Crippen molar-refractivity contribution in [3.63, 3.8) is 0 Å². The summed E-state index contributed by atoms with van der Waals surface area (Å²) in [5.74, 6) is 0.499. The van der Waals surface area contributed by atoms with Crippen LogP contribution in [0.5, 0.6) is 11.5 Å². The van der Waals surface area contributed by atoms with E-state index in [9.17, 15) is 18.0 Å². The fourth-order valence-electron chi connectivity index (χ4n) is 4.65. The monoisotopic (exact) mass is 579 g/mol. The summed E-state index contributed by atoms with van der Waals surface area (Å²) >= 11 is 0. The lowest BCUT2D eigenvalue weighted by molar-refractivity contribution is -0.145. The molecule has 1 aliphatic rings. The zero-order chi connectivity index (χ0) is 29.6. The van der Waals surface area contributed by atoms with Gasteiger partial charge in [0, 0.05) is 11.7 Å². The number of carbonyl (C=O) groups is 2. The quantitative estimate of drug-likeness (QED) is 0.265. The summed E-state index contributed by atoms with van der Waals surface area (Å²) in [6.07, 6.45) is 1.67. The number of likely N-dealkylation sites (N-methyl/N-ethyl adjacent to an activating group) is 1. The third-order valence-electron chi connectivity index (χ3n) is 6.48. The van der Waals surface area contributed by atoms with Crippen LogP contribution in [0.25, 0.3) is 11.1 Å². The summed E-state index contributed by atoms with van der Waals surface area (Å²) in [5, 5.41) is 0. The van der Waals surface area contributed by atoms with E-state index in [0.29, 0.717) is 30.8 Å². The largest absolute Gasteiger partial charge is 0.636 e. The smallest absolute Gasteiger partial charge is 0.494 e. The highest BCUT2D eigenvalue weighted by Crippen LogP contribution is 2.32. The van der Waals surface area contributed by atoms with Gasteiger partial charge in [-0.2, -0.15) is 0 Å². The molecule has 0 bridgehead atoms. The second-order valence-corrected chi connectivity index (χ2v) is 12.6. The van der Waals surface area contributed by atoms with E-state index in [1.54, 1.807) is 31.3 Å². The van der Waals surface area contributed by atoms with E-state index in [-0.39, 0.29) is 18.8 Å². The first-order chi connectivity index (χ1) is 19.5. The van der Waals surface area contributed by atoms with Crippen LogP contribution in [0.4, 0.5) is 0 Å². The summed E-state index contributed by atoms with van der Waals surface area (Å²) in [6.45, 7) is 4.75. The van der Waals surface area contributed by atoms with E-state index in [4.69, 9.17) is 18.8 Å². The molecule has 3 aromatic rings. The Morgan fingerprint density at radius 1 is 0.878 bits per heavy atom. The number of benzene rings is 3. The predicted octanol–water partition coefficient (Wildman–Crippen LogP) is 3.09. The number of rotatable bonds is 10. The molecule has 41 heavy (non-hydrogen) atoms. The average Bonchev–Trinajstić information content (AvgIpc) is 2.88. The number of hydrogen-bond acceptors (Lipinski definition) is 9. The number of ether oxygens (including phenoxy) is 2. The number of aryl methyl sites for hydroxylation is 2. The van der Waals surface area contributed by atoms with Crippen LogP contribution in [-0.4, -0.2) is 71.1 Å². The molecule has 0 atom stereocenters. The van der Waals surface area contributed by atoms with Gasteiger partial charge in [0.15, 0.2) is 0 Å². The maximum atomic E-state index is 12.0. The van der Waals surface area contributed by atoms with Gasteiger partial charge in [-0.3, -0.25) is 14.5 Å². The average molecular weight is 579 g/mol. The Balaban J connectivity index is 1.38. The number of nitrogens with zero attached hydrogens (tertiary/aromatic N) is 1. The van der Waals surface area contributed by atoms with E-state index >= 15 is 0 Å². The highest BCUT2D eigenvalue weighted by molar-refractivity contribution is 7.90. The highest BCUT2D eigenvalue weighted by Gasteiger charge is 2.33. The molecule has 1 fully saturated rings. The standard InChI is InChI=1S/C30H34BNO8S/c1-21-15-27(37-13-6-14-41(4,35)36)16-22(2)30(21)24-8-5-7-23(17-24)20-38-26-11-9-25(10-12-26)31-39-28(33)18-32(3)19-29(34)40-31/h5,7-12,15-17H,6,13-14,18-20H2,1-4H3. The normalized spacial score (nSPS) is 14.6. The van der Waals surface area contributed by atoms with Crippen LogP contribution in [0.2, 0.25) is 0 Å². The van der Waals surface area contributed by atoms with Gasteiger partial charge >= 0.3 is 19.1 Å². The summed E-state index contributed by atoms with van der Waals surface area (Å²) < 4.78 is 45.1. The van der Waals surface area contributed by atoms with E-state index in [1.165, 1.54) is 11.2 Å². The Bertz CT molecular complexity index is 1460. The first kappa shape index (κ1) is 30.1. The maximum absolute atomic E-state index is 12.0. The predicted molar refractivity (Wildman–Crippen MR) is 157 cm³/mol. The van der Waals surface area contributed by atoms with Crippen LogP contribution in [0.15, 0.2) is 60.7 Å². The Kier molecular flexibility index (Phi) is 9.72. The van der Waals surface area contributed by atoms with E-state index < -0.39 is 28.9 Å². The van der Waals surface area contributed by atoms with Crippen LogP contribution in [0.3, 0.4) is 0 Å². The van der Waals surface area contributed by atoms with E-state index in [1.807, 2.05) is 38.1 Å². The number of sulfone groups is 1. The molecule has 0 radical (unpaired) electrons. The lowest BCUT2D eigenvalue weighted by Crippen LogP contribution is -2.47. The van der Waals surface area contributed by atoms with E-state index in [2.05, 4.69) is 12.1 Å². The SMILES string of the molecule is Cc1cc(OCCCS(C)(=O)=O)cc(C)c1-c1cccc(COc2ccc(B3OC(=O)CN(C)CC(=O)O3)cc2)c1. The molecule has 0 unspecified atom stereocenters. The highest BCUT2D eigenvalue weighted by atomic mass is 32.2. The molecule has 1 aliphatic heterocycles. The van der Waals surface area contributed by atoms with Crippen LogP contribution in [0.1, 0.15) is 23.1 Å². The van der Waals surface area contributed by atoms with Crippen LogP contribution in [-0.2, 0) is 35.3 Å². The van der Waals surface area contributed by atoms with Crippen molar-refractivity contribution < 1.29 is 36.8 Å². The minimum absolute atomic E-state index is 0.0101. The zero-order valence-electron chi connectivity index (χ0n) is 23.7. The van der Waals surface area contributed by atoms with Gasteiger partial charge in [-0.25, -0.2) is 8.42 Å². The van der Waals surface area contributed by atoms with Gasteiger partial charge in [-0.05, 0) is 85.5 Å². The molecule has 4 rings (SSSR count). The summed E-state index contributed by atoms with van der Waals surface area (Å²) in [5.41, 5.74) is 5.80. The fraction of sp³-hybridized carbons (Fsp3) is 0.333. The van der Waals surface area contributed by atoms with E-state index in [0.717, 1.165) is 33.6 Å². The zero-order valence-corrected chi connectivity index (χ0v) is 24.5. The Labute approximate surface area is 241 Å². The summed E-state index contributed by atoms with van der Waals surface area (Å²) in [4.78, 5) is 25.6. The Morgan fingerprint density at radius 2 is 1.51 bits per heavy atom. The third kappa shape index (κ3) is 8.83. The van der Waals surface area contributed by atoms with Crippen LogP contribution < -0.4 is 14.9 Å². The molecule has 3 aromatic carbocycles. The summed E-state index contributed by atoms with van der Waals surface area (Å²) in [7, 11) is -2.45. The van der Waals surface area contributed by atoms with Gasteiger partial charge in [0.2, 0.25) is 0 Å². The molecule has 216 valence electrons. The van der Waals surface area contributed by atoms with Crippen LogP contribution in [0, 0.1) is 13.8 Å². The Hall–Kier alpha value is -3.83. The first-order valence-electron chi connectivity index (χ1n) is 13.3. The van der Waals surface area contributed by atoms with Gasteiger partial charge in [-0.1, -0.05) is 30.3 Å². The Morgan fingerprint density at radius 3 is 2.12 bits per heavy atom. The second-order valence-electron chi connectivity index (χ2n) is 10.3. The van der Waals surface area contributed by atoms with Crippen molar-refractivity contribution in [2.75, 3.05) is 38.8 Å². The molecule has 0 aliphatic carbocycles. The topological polar surface area (TPSA) is 108 Å². The molecule has 1 heterocycles. The molecule has 0 N–H and O–H groups in total. The minimum Gasteiger partial charge on any atom is -0.494 e. The second kappa shape index (κ2) is 13.2. The molecule has 0 spiro atoms. The van der Waals surface area contributed by atoms with Crippen LogP contribution >= 0.6 is 0 Å². The van der Waals surface area contributed by atoms with Gasteiger partial charge in [0.1, 0.15) is 27.9 Å². The van der Waals surface area contributed by atoms with Gasteiger partial charge in [0.25, 0.3) is 0 Å². The first-order valence-corrected chi connectivity index (χ1v) is 15.3. The number of carbonyl (C=O) groups excluding carboxylic acids is 2. The van der Waals surface area contributed by atoms with Crippen molar-refractivity contribution in [3.8, 4) is 22.6 Å². The fourth-order valence-corrected chi connectivity index (χ4v) is 5.29. The molecule has 0 saturated carbocycles. The van der Waals surface area contributed by atoms with Crippen molar-refractivity contribution in [1.29, 1.82) is 0 Å². The van der Waals surface area contributed by atoms with Crippen molar-refractivity contribution in [2.45, 2.75) is 26.9 Å². The van der Waals surface area contributed by atoms with Gasteiger partial charge in [0.05, 0.1) is 25.4 Å². The van der Waals surface area contributed by atoms with Gasteiger partial charge < -0.3 is 18.8 Å². The van der Waals surface area contributed by atoms with Crippen molar-refractivity contribution >= 4 is 34.4 Å². The van der Waals surface area contributed by atoms with Crippen molar-refractivity contribution in [1.82, 2.24) is 4.90 Å². The van der Waals surface area contributed by atoms with Crippen molar-refractivity contribution in [2.24, 2.45) is 0 Å². The van der Waals surface area contributed by atoms with Crippen molar-refractivity contribution in [3.05, 3.63) is 77.4 Å². The number of hydrogen-bond donors (Lipinski definition) is 0. The molecule has 0 aromatic heterocycles. The minimum atomic E-state index is -3.00. The molecule has 11 heteroatoms.